The van der Waals surface area contributed by atoms with Gasteiger partial charge in [-0.25, -0.2) is 8.78 Å². The van der Waals surface area contributed by atoms with Crippen molar-refractivity contribution in [3.8, 4) is 11.1 Å². The Balaban J connectivity index is 1.80. The number of methoxy groups -OCH3 is 1. The van der Waals surface area contributed by atoms with Crippen LogP contribution in [0.1, 0.15) is 77.5 Å². The number of carbonyl (C=O) groups excluding carboxylic acids is 1. The molecule has 12 heteroatoms. The van der Waals surface area contributed by atoms with Crippen LogP contribution in [0.4, 0.5) is 22.0 Å². The summed E-state index contributed by atoms with van der Waals surface area (Å²) in [6, 6.07) is -28.3. The van der Waals surface area contributed by atoms with E-state index in [1.165, 1.54) is 0 Å². The normalized spacial score (nSPS) is 27.8. The minimum absolute atomic E-state index is 0.348. The minimum atomic E-state index is -5.57. The van der Waals surface area contributed by atoms with Gasteiger partial charge in [-0.2, -0.15) is 13.2 Å². The second kappa shape index (κ2) is 16.7. The number of rotatable bonds is 12. The molecule has 0 radical (unpaired) electrons. The van der Waals surface area contributed by atoms with Crippen LogP contribution >= 0.6 is 11.8 Å². The van der Waals surface area contributed by atoms with Crippen LogP contribution in [0.2, 0.25) is 0 Å². The monoisotopic (exact) mass is 780 g/mol. The number of piperidine rings is 1. The van der Waals surface area contributed by atoms with Crippen LogP contribution in [-0.2, 0) is 34.5 Å². The summed E-state index contributed by atoms with van der Waals surface area (Å²) in [6.45, 7) is -17.4. The maximum Gasteiger partial charge on any atom is 0.416 e. The highest BCUT2D eigenvalue weighted by Gasteiger charge is 2.31. The average molecular weight is 781 g/mol. The number of halogens is 5. The summed E-state index contributed by atoms with van der Waals surface area (Å²) in [4.78, 5) is 29.0. The summed E-state index contributed by atoms with van der Waals surface area (Å²) in [7, 11) is -3.33. The van der Waals surface area contributed by atoms with Gasteiger partial charge >= 0.3 is 6.18 Å². The second-order valence-corrected chi connectivity index (χ2v) is 11.1. The Morgan fingerprint density at radius 3 is 2.42 bits per heavy atom. The number of amides is 1. The SMILES string of the molecule is [2H]c1c([2H])c(F)c(F)c(C([2H])([2H])Sc2c([2H])c(=O)c3c([2H])c(C)c([2H])c([2H])c3n2C([2H])([2H])C(=O)N(Cc2c([2H])c([2H])c(-c3c([2H])c([2H])c(C(F)(F)F)c([2H])c3[2H])c([2H])c2[2H])C2([2H])C([2H])([2H])C([2H])([2H])N(CCOC([2H])([2H])[2H])C([2H])([2H])C2([2H])[2H])c1[2H]. The van der Waals surface area contributed by atoms with Crippen molar-refractivity contribution in [3.63, 3.8) is 0 Å². The second-order valence-electron chi connectivity index (χ2n) is 10.3. The van der Waals surface area contributed by atoms with E-state index in [1.807, 2.05) is 0 Å². The number of hydrogen-bond donors (Lipinski definition) is 0. The molecule has 53 heavy (non-hydrogen) atoms. The molecule has 2 heterocycles. The van der Waals surface area contributed by atoms with Gasteiger partial charge in [0.15, 0.2) is 17.1 Å². The largest absolute Gasteiger partial charge is 0.416 e. The summed E-state index contributed by atoms with van der Waals surface area (Å²) >= 11 is -0.806. The van der Waals surface area contributed by atoms with E-state index in [0.717, 1.165) is 6.92 Å². The van der Waals surface area contributed by atoms with Gasteiger partial charge in [-0.1, -0.05) is 59.9 Å². The maximum absolute atomic E-state index is 16.0. The van der Waals surface area contributed by atoms with Crippen LogP contribution in [0.3, 0.4) is 0 Å². The fourth-order valence-electron chi connectivity index (χ4n) is 4.23. The first-order chi connectivity index (χ1) is 37.7. The predicted octanol–water partition coefficient (Wildman–Crippen LogP) is 8.71. The molecular weight excluding hydrogens is 710 g/mol. The number of pyridine rings is 1. The third-order valence-corrected chi connectivity index (χ3v) is 7.51. The number of hydrogen-bond acceptors (Lipinski definition) is 5. The number of benzene rings is 4. The fourth-order valence-corrected chi connectivity index (χ4v) is 4.94. The Morgan fingerprint density at radius 2 is 1.74 bits per heavy atom. The number of carbonyl (C=O) groups is 1. The third kappa shape index (κ3) is 9.17. The van der Waals surface area contributed by atoms with Gasteiger partial charge in [0, 0.05) is 75.5 Å². The number of aromatic nitrogens is 1. The summed E-state index contributed by atoms with van der Waals surface area (Å²) < 4.78 is 347. The zero-order chi connectivity index (χ0) is 64.9. The molecule has 0 spiro atoms. The highest BCUT2D eigenvalue weighted by atomic mass is 32.2. The lowest BCUT2D eigenvalue weighted by Gasteiger charge is -2.39. The van der Waals surface area contributed by atoms with Crippen molar-refractivity contribution in [3.05, 3.63) is 135 Å². The van der Waals surface area contributed by atoms with Crippen molar-refractivity contribution >= 4 is 28.6 Å². The van der Waals surface area contributed by atoms with Gasteiger partial charge in [0.25, 0.3) is 0 Å². The lowest BCUT2D eigenvalue weighted by molar-refractivity contribution is -0.137. The molecular formula is C41H40F5N3O3S. The van der Waals surface area contributed by atoms with Crippen LogP contribution < -0.4 is 5.43 Å². The molecule has 1 aliphatic rings. The lowest BCUT2D eigenvalue weighted by atomic mass is 10.00. The molecule has 0 unspecified atom stereocenters. The highest BCUT2D eigenvalue weighted by molar-refractivity contribution is 7.98. The number of thioether (sulfide) groups is 1. The Bertz CT molecular complexity index is 3570. The van der Waals surface area contributed by atoms with Gasteiger partial charge in [0.1, 0.15) is 6.50 Å². The van der Waals surface area contributed by atoms with Gasteiger partial charge < -0.3 is 19.1 Å². The van der Waals surface area contributed by atoms with E-state index < -0.39 is 261 Å². The zero-order valence-corrected chi connectivity index (χ0v) is 27.3. The first-order valence-corrected chi connectivity index (χ1v) is 15.4. The van der Waals surface area contributed by atoms with Crippen LogP contribution in [0, 0.1) is 18.6 Å². The van der Waals surface area contributed by atoms with Gasteiger partial charge in [0.2, 0.25) is 5.91 Å². The molecule has 1 aliphatic heterocycles. The van der Waals surface area contributed by atoms with Gasteiger partial charge in [-0.05, 0) is 66.6 Å². The Morgan fingerprint density at radius 1 is 1.04 bits per heavy atom. The van der Waals surface area contributed by atoms with Gasteiger partial charge in [-0.15, -0.1) is 11.8 Å². The number of ether oxygens (including phenoxy) is 1. The van der Waals surface area contributed by atoms with Crippen LogP contribution in [0.15, 0.2) is 100 Å². The average Bonchev–Trinajstić information content (AvgIpc) is 0.801. The molecule has 1 fully saturated rings. The Kier molecular flexibility index (Phi) is 4.81. The Labute approximate surface area is 352 Å². The molecule has 0 N–H and O–H groups in total. The standard InChI is InChI=1S/C41H40F5N3O3S/c1-27-6-15-36-34(22-27)37(50)23-39(53-26-31-4-3-5-35(42)40(31)43)49(36)25-38(51)48(33-16-18-47(19-17-33)20-21-52-2)24-28-7-9-29(10-8-28)30-11-13-32(14-12-30)41(44,45)46/h3-15,22-23,33H,16-21,24-26H2,1-2H3/i2D3,3D,4D,5D,6D,7D,8D,9D,10D,11D,12D,13D,14D,15D,16D2,17D2,18D2,19D2,22D,23D,25D2,26D2,33D. The fraction of sp³-hybridized carbons (Fsp3) is 0.317. The van der Waals surface area contributed by atoms with Crippen LogP contribution in [-0.4, -0.2) is 59.5 Å². The number of alkyl halides is 3. The summed E-state index contributed by atoms with van der Waals surface area (Å²) in [5.74, 6) is -7.48. The first-order valence-electron chi connectivity index (χ1n) is 30.1. The van der Waals surface area contributed by atoms with E-state index in [2.05, 4.69) is 4.74 Å². The number of likely N-dealkylation sites (tertiary alicyclic amines) is 1. The van der Waals surface area contributed by atoms with Gasteiger partial charge in [-0.3, -0.25) is 9.59 Å². The van der Waals surface area contributed by atoms with Crippen molar-refractivity contribution in [2.45, 2.75) is 55.6 Å². The quantitative estimate of drug-likeness (QED) is 0.0938. The molecule has 1 amide bonds. The van der Waals surface area contributed by atoms with Crippen LogP contribution in [0.5, 0.6) is 0 Å². The van der Waals surface area contributed by atoms with Crippen LogP contribution in [0.25, 0.3) is 22.0 Å². The zero-order valence-electron chi connectivity index (χ0n) is 57.5. The van der Waals surface area contributed by atoms with E-state index >= 15 is 13.6 Å². The Hall–Kier alpha value is -4.52. The maximum atomic E-state index is 16.0. The summed E-state index contributed by atoms with van der Waals surface area (Å²) in [5.41, 5.74) is -16.0. The van der Waals surface area contributed by atoms with Crippen molar-refractivity contribution < 1.29 is 74.0 Å². The molecule has 1 saturated heterocycles. The molecule has 6 nitrogen and oxygen atoms in total. The molecule has 0 aliphatic carbocycles. The lowest BCUT2D eigenvalue weighted by Crippen LogP contribution is -2.48. The minimum Gasteiger partial charge on any atom is -0.383 e. The molecule has 1 aromatic heterocycles. The molecule has 0 saturated carbocycles. The van der Waals surface area contributed by atoms with E-state index in [0.29, 0.717) is 0 Å². The van der Waals surface area contributed by atoms with Crippen molar-refractivity contribution in [1.82, 2.24) is 14.4 Å². The van der Waals surface area contributed by atoms with Crippen molar-refractivity contribution in [2.75, 3.05) is 33.2 Å². The first kappa shape index (κ1) is 15.3. The predicted molar refractivity (Wildman–Crippen MR) is 198 cm³/mol. The molecule has 0 bridgehead atoms. The van der Waals surface area contributed by atoms with E-state index in [4.69, 9.17) is 32.9 Å². The molecule has 4 aromatic carbocycles. The van der Waals surface area contributed by atoms with E-state index in [9.17, 15) is 27.6 Å². The number of nitrogens with zero attached hydrogens (tertiary/aromatic N) is 3. The summed E-state index contributed by atoms with van der Waals surface area (Å²) in [6.07, 6.45) is -15.0. The molecule has 0 atom stereocenters. The molecule has 278 valence electrons. The van der Waals surface area contributed by atoms with Crippen molar-refractivity contribution in [2.24, 2.45) is 0 Å². The van der Waals surface area contributed by atoms with Crippen molar-refractivity contribution in [1.29, 1.82) is 0 Å². The van der Waals surface area contributed by atoms with E-state index in [-0.39, 0.29) is 4.90 Å². The van der Waals surface area contributed by atoms with E-state index in [1.54, 1.807) is 0 Å². The smallest absolute Gasteiger partial charge is 0.383 e. The number of fused-ring (bicyclic) bond motifs is 1. The third-order valence-electron chi connectivity index (χ3n) is 6.72. The topological polar surface area (TPSA) is 54.8 Å². The van der Waals surface area contributed by atoms with Gasteiger partial charge in [0.05, 0.1) is 51.5 Å². The summed E-state index contributed by atoms with van der Waals surface area (Å²) in [5, 5.41) is -3.02. The highest BCUT2D eigenvalue weighted by Crippen LogP contribution is 2.32. The molecule has 5 aromatic rings. The molecule has 6 rings (SSSR count).